The van der Waals surface area contributed by atoms with Crippen LogP contribution in [0.4, 0.5) is 5.69 Å². The summed E-state index contributed by atoms with van der Waals surface area (Å²) in [5.41, 5.74) is 0.760. The maximum Gasteiger partial charge on any atom is 0.232 e. The minimum Gasteiger partial charge on any atom is -0.486 e. The highest BCUT2D eigenvalue weighted by atomic mass is 32.2. The fourth-order valence-corrected chi connectivity index (χ4v) is 5.34. The molecule has 2 atom stereocenters. The van der Waals surface area contributed by atoms with Crippen LogP contribution in [0.15, 0.2) is 24.3 Å². The molecule has 8 heteroatoms. The molecule has 0 aromatic heterocycles. The topological polar surface area (TPSA) is 76.2 Å². The number of fused-ring (bicyclic) bond motifs is 1. The van der Waals surface area contributed by atoms with Gasteiger partial charge in [0, 0.05) is 19.5 Å². The molecule has 3 aliphatic heterocycles. The van der Waals surface area contributed by atoms with Gasteiger partial charge in [-0.25, -0.2) is 8.42 Å². The van der Waals surface area contributed by atoms with Crippen LogP contribution in [0.3, 0.4) is 0 Å². The molecule has 1 aromatic rings. The monoisotopic (exact) mass is 410 g/mol. The summed E-state index contributed by atoms with van der Waals surface area (Å²) in [6, 6.07) is 6.76. The molecule has 4 rings (SSSR count). The number of hydrogen-bond acceptors (Lipinski definition) is 5. The smallest absolute Gasteiger partial charge is 0.232 e. The number of anilines is 1. The van der Waals surface area contributed by atoms with Crippen LogP contribution in [-0.4, -0.2) is 63.9 Å². The Labute approximate surface area is 167 Å². The lowest BCUT2D eigenvalue weighted by molar-refractivity contribution is -0.195. The zero-order valence-corrected chi connectivity index (χ0v) is 17.9. The Balaban J connectivity index is 0.00000109. The molecule has 28 heavy (non-hydrogen) atoms. The summed E-state index contributed by atoms with van der Waals surface area (Å²) in [6.45, 7) is 8.87. The van der Waals surface area contributed by atoms with Crippen molar-refractivity contribution in [2.24, 2.45) is 5.41 Å². The van der Waals surface area contributed by atoms with E-state index in [4.69, 9.17) is 9.47 Å². The SMILES string of the molecule is CC.C[C@@H]1C(CCC(=O)N2CC3(COC3)C2)Oc2ccccc2N1S(C)(=O)=O. The number of hydrogen-bond donors (Lipinski definition) is 0. The van der Waals surface area contributed by atoms with E-state index in [9.17, 15) is 13.2 Å². The van der Waals surface area contributed by atoms with Gasteiger partial charge in [-0.3, -0.25) is 9.10 Å². The number of carbonyl (C=O) groups excluding carboxylic acids is 1. The summed E-state index contributed by atoms with van der Waals surface area (Å²) in [4.78, 5) is 14.3. The first-order valence-electron chi connectivity index (χ1n) is 9.90. The molecule has 2 saturated heterocycles. The number of benzene rings is 1. The molecule has 0 radical (unpaired) electrons. The highest BCUT2D eigenvalue weighted by Gasteiger charge is 2.50. The van der Waals surface area contributed by atoms with Gasteiger partial charge >= 0.3 is 0 Å². The largest absolute Gasteiger partial charge is 0.486 e. The third-order valence-electron chi connectivity index (χ3n) is 5.51. The number of sulfonamides is 1. The molecule has 1 spiro atoms. The number of rotatable bonds is 4. The number of ether oxygens (including phenoxy) is 2. The van der Waals surface area contributed by atoms with Crippen LogP contribution in [0.5, 0.6) is 5.75 Å². The Morgan fingerprint density at radius 1 is 1.21 bits per heavy atom. The van der Waals surface area contributed by atoms with Gasteiger partial charge < -0.3 is 14.4 Å². The van der Waals surface area contributed by atoms with Crippen molar-refractivity contribution in [2.75, 3.05) is 36.9 Å². The lowest BCUT2D eigenvalue weighted by atomic mass is 9.78. The summed E-state index contributed by atoms with van der Waals surface area (Å²) < 4.78 is 37.3. The van der Waals surface area contributed by atoms with E-state index in [1.807, 2.05) is 31.7 Å². The lowest BCUT2D eigenvalue weighted by Crippen LogP contribution is -2.67. The van der Waals surface area contributed by atoms with Crippen molar-refractivity contribution in [3.8, 4) is 5.75 Å². The van der Waals surface area contributed by atoms with Gasteiger partial charge in [-0.1, -0.05) is 26.0 Å². The molecular formula is C20H30N2O5S. The molecule has 3 aliphatic rings. The second kappa shape index (κ2) is 7.91. The number of carbonyl (C=O) groups is 1. The number of amides is 1. The first-order valence-corrected chi connectivity index (χ1v) is 11.7. The fourth-order valence-electron chi connectivity index (χ4n) is 4.09. The Kier molecular flexibility index (Phi) is 5.91. The normalized spacial score (nSPS) is 24.9. The number of likely N-dealkylation sites (tertiary alicyclic amines) is 1. The zero-order chi connectivity index (χ0) is 20.5. The fraction of sp³-hybridized carbons (Fsp3) is 0.650. The van der Waals surface area contributed by atoms with E-state index < -0.39 is 10.0 Å². The van der Waals surface area contributed by atoms with Crippen molar-refractivity contribution in [3.63, 3.8) is 0 Å². The average Bonchev–Trinajstić information content (AvgIpc) is 2.58. The second-order valence-corrected chi connectivity index (χ2v) is 9.56. The first-order chi connectivity index (χ1) is 13.3. The van der Waals surface area contributed by atoms with Crippen molar-refractivity contribution < 1.29 is 22.7 Å². The number of nitrogens with zero attached hydrogens (tertiary/aromatic N) is 2. The Morgan fingerprint density at radius 3 is 2.43 bits per heavy atom. The van der Waals surface area contributed by atoms with E-state index in [-0.39, 0.29) is 23.5 Å². The van der Waals surface area contributed by atoms with Crippen LogP contribution in [0.1, 0.15) is 33.6 Å². The molecule has 0 saturated carbocycles. The van der Waals surface area contributed by atoms with Crippen molar-refractivity contribution in [3.05, 3.63) is 24.3 Å². The van der Waals surface area contributed by atoms with Crippen LogP contribution >= 0.6 is 0 Å². The third kappa shape index (κ3) is 3.85. The van der Waals surface area contributed by atoms with E-state index in [1.165, 1.54) is 10.6 Å². The van der Waals surface area contributed by atoms with Crippen molar-refractivity contribution in [1.29, 1.82) is 0 Å². The predicted octanol–water partition coefficient (Wildman–Crippen LogP) is 2.27. The van der Waals surface area contributed by atoms with Gasteiger partial charge in [0.1, 0.15) is 11.9 Å². The van der Waals surface area contributed by atoms with E-state index in [2.05, 4.69) is 0 Å². The van der Waals surface area contributed by atoms with Gasteiger partial charge in [0.05, 0.1) is 36.6 Å². The summed E-state index contributed by atoms with van der Waals surface area (Å²) in [5.74, 6) is 0.645. The Hall–Kier alpha value is -1.80. The van der Waals surface area contributed by atoms with Gasteiger partial charge in [0.15, 0.2) is 0 Å². The molecule has 7 nitrogen and oxygen atoms in total. The van der Waals surface area contributed by atoms with Crippen molar-refractivity contribution in [1.82, 2.24) is 4.90 Å². The first kappa shape index (κ1) is 20.9. The molecule has 0 aliphatic carbocycles. The molecular weight excluding hydrogens is 380 g/mol. The van der Waals surface area contributed by atoms with E-state index in [1.54, 1.807) is 18.2 Å². The number of para-hydroxylation sites is 2. The molecule has 0 bridgehead atoms. The Bertz CT molecular complexity index is 814. The van der Waals surface area contributed by atoms with Crippen LogP contribution in [-0.2, 0) is 19.6 Å². The predicted molar refractivity (Wildman–Crippen MR) is 108 cm³/mol. The van der Waals surface area contributed by atoms with Crippen LogP contribution in [0.25, 0.3) is 0 Å². The average molecular weight is 411 g/mol. The quantitative estimate of drug-likeness (QED) is 0.761. The molecule has 1 amide bonds. The standard InChI is InChI=1S/C18H24N2O5S.C2H6/c1-13-15(7-8-17(21)19-9-18(10-19)11-24-12-18)25-16-6-4-3-5-14(16)20(13)26(2,22)23;1-2/h3-6,13,15H,7-12H2,1-2H3;1-2H3/t13-,15?;/m1./s1. The highest BCUT2D eigenvalue weighted by molar-refractivity contribution is 7.92. The van der Waals surface area contributed by atoms with Gasteiger partial charge in [0.2, 0.25) is 15.9 Å². The van der Waals surface area contributed by atoms with Crippen molar-refractivity contribution in [2.45, 2.75) is 45.8 Å². The third-order valence-corrected chi connectivity index (χ3v) is 6.75. The van der Waals surface area contributed by atoms with Crippen LogP contribution < -0.4 is 9.04 Å². The van der Waals surface area contributed by atoms with Gasteiger partial charge in [-0.2, -0.15) is 0 Å². The maximum atomic E-state index is 12.4. The van der Waals surface area contributed by atoms with Gasteiger partial charge in [-0.15, -0.1) is 0 Å². The van der Waals surface area contributed by atoms with Gasteiger partial charge in [0.25, 0.3) is 0 Å². The van der Waals surface area contributed by atoms with Crippen molar-refractivity contribution >= 4 is 21.6 Å². The van der Waals surface area contributed by atoms with E-state index >= 15 is 0 Å². The molecule has 2 fully saturated rings. The molecule has 3 heterocycles. The molecule has 156 valence electrons. The zero-order valence-electron chi connectivity index (χ0n) is 17.1. The Morgan fingerprint density at radius 2 is 1.86 bits per heavy atom. The minimum absolute atomic E-state index is 0.100. The highest BCUT2D eigenvalue weighted by Crippen LogP contribution is 2.40. The van der Waals surface area contributed by atoms with Crippen LogP contribution in [0, 0.1) is 5.41 Å². The molecule has 0 N–H and O–H groups in total. The lowest BCUT2D eigenvalue weighted by Gasteiger charge is -2.55. The summed E-state index contributed by atoms with van der Waals surface area (Å²) in [5, 5.41) is 0. The minimum atomic E-state index is -3.44. The second-order valence-electron chi connectivity index (χ2n) is 7.70. The summed E-state index contributed by atoms with van der Waals surface area (Å²) >= 11 is 0. The molecule has 1 unspecified atom stereocenters. The summed E-state index contributed by atoms with van der Waals surface area (Å²) in [6.07, 6.45) is 1.69. The van der Waals surface area contributed by atoms with E-state index in [0.29, 0.717) is 24.3 Å². The van der Waals surface area contributed by atoms with Crippen LogP contribution in [0.2, 0.25) is 0 Å². The summed E-state index contributed by atoms with van der Waals surface area (Å²) in [7, 11) is -3.44. The van der Waals surface area contributed by atoms with Gasteiger partial charge in [-0.05, 0) is 25.5 Å². The molecule has 1 aromatic carbocycles. The maximum absolute atomic E-state index is 12.4. The van der Waals surface area contributed by atoms with E-state index in [0.717, 1.165) is 26.3 Å².